The van der Waals surface area contributed by atoms with Gasteiger partial charge in [-0.25, -0.2) is 4.39 Å². The fraction of sp³-hybridized carbons (Fsp3) is 0.647. The van der Waals surface area contributed by atoms with Gasteiger partial charge in [-0.05, 0) is 42.0 Å². The summed E-state index contributed by atoms with van der Waals surface area (Å²) in [6, 6.07) is 5.60. The molecule has 2 rings (SSSR count). The maximum atomic E-state index is 13.5. The Labute approximate surface area is 122 Å². The van der Waals surface area contributed by atoms with Gasteiger partial charge >= 0.3 is 0 Å². The third kappa shape index (κ3) is 3.95. The number of halogens is 1. The average Bonchev–Trinajstić information content (AvgIpc) is 2.35. The Balaban J connectivity index is 2.21. The zero-order valence-electron chi connectivity index (χ0n) is 13.2. The lowest BCUT2D eigenvalue weighted by Gasteiger charge is -2.40. The molecule has 1 aromatic carbocycles. The molecule has 1 heterocycles. The predicted molar refractivity (Wildman–Crippen MR) is 83.6 cm³/mol. The maximum absolute atomic E-state index is 13.5. The van der Waals surface area contributed by atoms with Gasteiger partial charge < -0.3 is 10.2 Å². The van der Waals surface area contributed by atoms with E-state index in [2.05, 4.69) is 37.9 Å². The van der Waals surface area contributed by atoms with Crippen LogP contribution in [0.2, 0.25) is 0 Å². The average molecular weight is 278 g/mol. The number of anilines is 1. The molecule has 0 spiro atoms. The minimum absolute atomic E-state index is 0.148. The molecule has 0 atom stereocenters. The first-order valence-electron chi connectivity index (χ1n) is 7.64. The van der Waals surface area contributed by atoms with Crippen LogP contribution in [0.1, 0.15) is 46.1 Å². The van der Waals surface area contributed by atoms with Crippen molar-refractivity contribution >= 4 is 5.69 Å². The molecule has 0 unspecified atom stereocenters. The molecular weight excluding hydrogens is 251 g/mol. The summed E-state index contributed by atoms with van der Waals surface area (Å²) in [5.41, 5.74) is 2.60. The van der Waals surface area contributed by atoms with Gasteiger partial charge in [0.2, 0.25) is 0 Å². The third-order valence-electron chi connectivity index (χ3n) is 3.98. The van der Waals surface area contributed by atoms with Gasteiger partial charge in [0.15, 0.2) is 0 Å². The summed E-state index contributed by atoms with van der Waals surface area (Å²) in [7, 11) is 0. The molecule has 0 radical (unpaired) electrons. The van der Waals surface area contributed by atoms with Gasteiger partial charge in [-0.3, -0.25) is 0 Å². The van der Waals surface area contributed by atoms with E-state index in [-0.39, 0.29) is 5.82 Å². The highest BCUT2D eigenvalue weighted by atomic mass is 19.1. The Bertz CT molecular complexity index is 454. The van der Waals surface area contributed by atoms with Crippen molar-refractivity contribution < 1.29 is 4.39 Å². The summed E-state index contributed by atoms with van der Waals surface area (Å²) in [4.78, 5) is 2.42. The standard InChI is InChI=1S/C17H27FN2/c1-13(2)19-11-14-10-15(18)6-7-16(14)20-9-5-8-17(3,4)12-20/h6-7,10,13,19H,5,8-9,11-12H2,1-4H3. The first kappa shape index (κ1) is 15.3. The molecule has 0 saturated carbocycles. The number of piperidine rings is 1. The summed E-state index contributed by atoms with van der Waals surface area (Å²) >= 11 is 0. The van der Waals surface area contributed by atoms with Crippen LogP contribution >= 0.6 is 0 Å². The largest absolute Gasteiger partial charge is 0.371 e. The summed E-state index contributed by atoms with van der Waals surface area (Å²) in [5, 5.41) is 3.40. The number of benzene rings is 1. The topological polar surface area (TPSA) is 15.3 Å². The van der Waals surface area contributed by atoms with E-state index < -0.39 is 0 Å². The second kappa shape index (κ2) is 6.13. The Kier molecular flexibility index (Phi) is 4.69. The number of hydrogen-bond acceptors (Lipinski definition) is 2. The van der Waals surface area contributed by atoms with Crippen LogP contribution in [0.3, 0.4) is 0 Å². The zero-order chi connectivity index (χ0) is 14.8. The summed E-state index contributed by atoms with van der Waals surface area (Å²) < 4.78 is 13.5. The highest BCUT2D eigenvalue weighted by molar-refractivity contribution is 5.54. The van der Waals surface area contributed by atoms with Crippen molar-refractivity contribution in [2.75, 3.05) is 18.0 Å². The van der Waals surface area contributed by atoms with Crippen LogP contribution in [0.4, 0.5) is 10.1 Å². The normalized spacial score (nSPS) is 18.6. The van der Waals surface area contributed by atoms with Gasteiger partial charge in [-0.1, -0.05) is 27.7 Å². The van der Waals surface area contributed by atoms with Crippen LogP contribution in [-0.2, 0) is 6.54 Å². The predicted octanol–water partition coefficient (Wildman–Crippen LogP) is 3.95. The second-order valence-electron chi connectivity index (χ2n) is 7.00. The van der Waals surface area contributed by atoms with E-state index in [1.807, 2.05) is 6.07 Å². The lowest BCUT2D eigenvalue weighted by atomic mass is 9.84. The van der Waals surface area contributed by atoms with Gasteiger partial charge in [-0.15, -0.1) is 0 Å². The fourth-order valence-electron chi connectivity index (χ4n) is 2.95. The van der Waals surface area contributed by atoms with Gasteiger partial charge in [0, 0.05) is 31.4 Å². The Morgan fingerprint density at radius 2 is 2.10 bits per heavy atom. The van der Waals surface area contributed by atoms with E-state index in [1.54, 1.807) is 12.1 Å². The highest BCUT2D eigenvalue weighted by Gasteiger charge is 2.27. The van der Waals surface area contributed by atoms with E-state index in [0.29, 0.717) is 11.5 Å². The van der Waals surface area contributed by atoms with Crippen LogP contribution in [0, 0.1) is 11.2 Å². The highest BCUT2D eigenvalue weighted by Crippen LogP contribution is 2.33. The third-order valence-corrected chi connectivity index (χ3v) is 3.98. The molecule has 1 aromatic rings. The fourth-order valence-corrected chi connectivity index (χ4v) is 2.95. The number of nitrogens with one attached hydrogen (secondary N) is 1. The van der Waals surface area contributed by atoms with E-state index >= 15 is 0 Å². The molecule has 112 valence electrons. The van der Waals surface area contributed by atoms with Gasteiger partial charge in [0.1, 0.15) is 5.82 Å². The van der Waals surface area contributed by atoms with Crippen molar-refractivity contribution in [3.8, 4) is 0 Å². The van der Waals surface area contributed by atoms with Crippen molar-refractivity contribution in [3.63, 3.8) is 0 Å². The quantitative estimate of drug-likeness (QED) is 0.897. The molecule has 1 aliphatic heterocycles. The van der Waals surface area contributed by atoms with E-state index in [4.69, 9.17) is 0 Å². The number of nitrogens with zero attached hydrogens (tertiary/aromatic N) is 1. The molecule has 1 saturated heterocycles. The first-order chi connectivity index (χ1) is 9.37. The maximum Gasteiger partial charge on any atom is 0.123 e. The summed E-state index contributed by atoms with van der Waals surface area (Å²) in [6.07, 6.45) is 2.48. The minimum atomic E-state index is -0.148. The smallest absolute Gasteiger partial charge is 0.123 e. The lowest BCUT2D eigenvalue weighted by Crippen LogP contribution is -2.40. The van der Waals surface area contributed by atoms with E-state index in [1.165, 1.54) is 18.5 Å². The summed E-state index contributed by atoms with van der Waals surface area (Å²) in [5.74, 6) is -0.148. The molecule has 2 nitrogen and oxygen atoms in total. The van der Waals surface area contributed by atoms with Crippen LogP contribution in [0.25, 0.3) is 0 Å². The Morgan fingerprint density at radius 3 is 2.75 bits per heavy atom. The van der Waals surface area contributed by atoms with Crippen molar-refractivity contribution in [1.82, 2.24) is 5.32 Å². The molecule has 20 heavy (non-hydrogen) atoms. The van der Waals surface area contributed by atoms with Crippen LogP contribution in [-0.4, -0.2) is 19.1 Å². The van der Waals surface area contributed by atoms with Crippen LogP contribution in [0.15, 0.2) is 18.2 Å². The van der Waals surface area contributed by atoms with Gasteiger partial charge in [-0.2, -0.15) is 0 Å². The van der Waals surface area contributed by atoms with Crippen molar-refractivity contribution in [2.24, 2.45) is 5.41 Å². The molecule has 1 N–H and O–H groups in total. The van der Waals surface area contributed by atoms with Gasteiger partial charge in [0.25, 0.3) is 0 Å². The monoisotopic (exact) mass is 278 g/mol. The molecule has 0 amide bonds. The van der Waals surface area contributed by atoms with Crippen molar-refractivity contribution in [2.45, 2.75) is 53.1 Å². The van der Waals surface area contributed by atoms with Crippen LogP contribution < -0.4 is 10.2 Å². The molecule has 1 fully saturated rings. The SMILES string of the molecule is CC(C)NCc1cc(F)ccc1N1CCCC(C)(C)C1. The zero-order valence-corrected chi connectivity index (χ0v) is 13.2. The van der Waals surface area contributed by atoms with Gasteiger partial charge in [0.05, 0.1) is 0 Å². The molecule has 3 heteroatoms. The molecule has 0 aliphatic carbocycles. The first-order valence-corrected chi connectivity index (χ1v) is 7.64. The minimum Gasteiger partial charge on any atom is -0.371 e. The molecule has 1 aliphatic rings. The number of hydrogen-bond donors (Lipinski definition) is 1. The number of rotatable bonds is 4. The Hall–Kier alpha value is -1.09. The Morgan fingerprint density at radius 1 is 1.35 bits per heavy atom. The second-order valence-corrected chi connectivity index (χ2v) is 7.00. The summed E-state index contributed by atoms with van der Waals surface area (Å²) in [6.45, 7) is 11.7. The molecule has 0 bridgehead atoms. The van der Waals surface area contributed by atoms with E-state index in [9.17, 15) is 4.39 Å². The van der Waals surface area contributed by atoms with Crippen molar-refractivity contribution in [3.05, 3.63) is 29.6 Å². The van der Waals surface area contributed by atoms with E-state index in [0.717, 1.165) is 25.2 Å². The van der Waals surface area contributed by atoms with Crippen LogP contribution in [0.5, 0.6) is 0 Å². The molecule has 0 aromatic heterocycles. The van der Waals surface area contributed by atoms with Crippen molar-refractivity contribution in [1.29, 1.82) is 0 Å². The molecular formula is C17H27FN2. The lowest BCUT2D eigenvalue weighted by molar-refractivity contribution is 0.292.